The van der Waals surface area contributed by atoms with Crippen LogP contribution in [0.25, 0.3) is 0 Å². The van der Waals surface area contributed by atoms with Crippen LogP contribution in [0.15, 0.2) is 39.7 Å². The fourth-order valence-electron chi connectivity index (χ4n) is 2.26. The molecule has 0 atom stereocenters. The van der Waals surface area contributed by atoms with Crippen LogP contribution in [0, 0.1) is 5.82 Å². The first-order valence-electron chi connectivity index (χ1n) is 7.38. The largest absolute Gasteiger partial charge is 0.304 e. The van der Waals surface area contributed by atoms with E-state index >= 15 is 0 Å². The quantitative estimate of drug-likeness (QED) is 0.567. The fourth-order valence-corrected chi connectivity index (χ4v) is 4.74. The molecular formula is C16H14ClFN4OS3. The topological polar surface area (TPSA) is 59.8 Å². The Morgan fingerprint density at radius 1 is 1.35 bits per heavy atom. The molecule has 1 N–H and O–H groups in total. The van der Waals surface area contributed by atoms with Crippen molar-refractivity contribution in [1.82, 2.24) is 14.2 Å². The summed E-state index contributed by atoms with van der Waals surface area (Å²) in [5.74, 6) is -0.396. The summed E-state index contributed by atoms with van der Waals surface area (Å²) in [7, 11) is 0. The van der Waals surface area contributed by atoms with Gasteiger partial charge >= 0.3 is 0 Å². The molecule has 0 aliphatic carbocycles. The highest BCUT2D eigenvalue weighted by Gasteiger charge is 2.22. The second kappa shape index (κ2) is 8.43. The summed E-state index contributed by atoms with van der Waals surface area (Å²) < 4.78 is 20.4. The minimum absolute atomic E-state index is 0.217. The summed E-state index contributed by atoms with van der Waals surface area (Å²) in [6.45, 7) is 0.217. The molecule has 0 aliphatic heterocycles. The van der Waals surface area contributed by atoms with Gasteiger partial charge in [0, 0.05) is 11.8 Å². The van der Waals surface area contributed by atoms with E-state index in [4.69, 9.17) is 11.6 Å². The number of nitrogens with zero attached hydrogens (tertiary/aromatic N) is 3. The van der Waals surface area contributed by atoms with Gasteiger partial charge in [0.1, 0.15) is 15.9 Å². The Hall–Kier alpha value is -1.55. The zero-order chi connectivity index (χ0) is 18.7. The smallest absolute Gasteiger partial charge is 0.261 e. The lowest BCUT2D eigenvalue weighted by Crippen LogP contribution is -2.14. The van der Waals surface area contributed by atoms with E-state index in [2.05, 4.69) is 14.8 Å². The van der Waals surface area contributed by atoms with E-state index in [1.165, 1.54) is 45.8 Å². The molecule has 0 radical (unpaired) electrons. The first kappa shape index (κ1) is 19.2. The summed E-state index contributed by atoms with van der Waals surface area (Å²) in [5.41, 5.74) is 1.01. The van der Waals surface area contributed by atoms with Crippen molar-refractivity contribution in [1.29, 1.82) is 0 Å². The number of carbonyl (C=O) groups is 1. The van der Waals surface area contributed by atoms with Crippen LogP contribution >= 0.6 is 46.7 Å². The molecule has 0 bridgehead atoms. The van der Waals surface area contributed by atoms with E-state index < -0.39 is 0 Å². The van der Waals surface area contributed by atoms with Crippen molar-refractivity contribution in [3.63, 3.8) is 0 Å². The van der Waals surface area contributed by atoms with E-state index in [-0.39, 0.29) is 29.1 Å². The lowest BCUT2D eigenvalue weighted by molar-refractivity contribution is 0.102. The van der Waals surface area contributed by atoms with Crippen molar-refractivity contribution in [2.45, 2.75) is 15.8 Å². The Morgan fingerprint density at radius 3 is 2.81 bits per heavy atom. The number of anilines is 1. The van der Waals surface area contributed by atoms with Gasteiger partial charge in [-0.2, -0.15) is 9.47 Å². The van der Waals surface area contributed by atoms with Gasteiger partial charge in [0.15, 0.2) is 5.82 Å². The standard InChI is InChI=1S/C16H14ClFN4OS3/c1-24-15-12(16(25-2)26-21-15)14(23)19-13-10(17)8-22(20-13)7-9-5-3-4-6-11(9)18/h3-6,8H,7H2,1-2H3,(H,19,20,23). The van der Waals surface area contributed by atoms with E-state index in [1.807, 2.05) is 12.5 Å². The molecule has 0 spiro atoms. The number of hydrogen-bond acceptors (Lipinski definition) is 6. The molecule has 0 unspecified atom stereocenters. The summed E-state index contributed by atoms with van der Waals surface area (Å²) in [5, 5.41) is 7.94. The normalized spacial score (nSPS) is 10.9. The zero-order valence-electron chi connectivity index (χ0n) is 13.8. The van der Waals surface area contributed by atoms with Gasteiger partial charge in [-0.05, 0) is 30.1 Å². The highest BCUT2D eigenvalue weighted by atomic mass is 35.5. The second-order valence-corrected chi connectivity index (χ2v) is 8.18. The van der Waals surface area contributed by atoms with Crippen LogP contribution in [0.4, 0.5) is 10.2 Å². The molecule has 3 rings (SSSR count). The first-order chi connectivity index (χ1) is 12.5. The van der Waals surface area contributed by atoms with Gasteiger partial charge < -0.3 is 5.32 Å². The molecule has 3 aromatic rings. The Kier molecular flexibility index (Phi) is 6.23. The molecule has 1 amide bonds. The molecule has 10 heteroatoms. The maximum Gasteiger partial charge on any atom is 0.261 e. The Balaban J connectivity index is 1.81. The molecule has 1 aromatic carbocycles. The minimum Gasteiger partial charge on any atom is -0.304 e. The number of carbonyl (C=O) groups excluding carboxylic acids is 1. The van der Waals surface area contributed by atoms with Crippen molar-refractivity contribution in [3.05, 3.63) is 52.4 Å². The summed E-state index contributed by atoms with van der Waals surface area (Å²) in [6, 6.07) is 6.45. The van der Waals surface area contributed by atoms with Crippen LogP contribution in [-0.4, -0.2) is 32.6 Å². The number of amides is 1. The highest BCUT2D eigenvalue weighted by molar-refractivity contribution is 8.01. The van der Waals surface area contributed by atoms with Crippen LogP contribution in [0.3, 0.4) is 0 Å². The molecule has 2 aromatic heterocycles. The minimum atomic E-state index is -0.316. The van der Waals surface area contributed by atoms with Crippen LogP contribution in [0.2, 0.25) is 5.02 Å². The summed E-state index contributed by atoms with van der Waals surface area (Å²) in [4.78, 5) is 12.7. The number of benzene rings is 1. The third kappa shape index (κ3) is 4.06. The van der Waals surface area contributed by atoms with Crippen LogP contribution in [0.1, 0.15) is 15.9 Å². The molecule has 5 nitrogen and oxygen atoms in total. The molecule has 0 saturated carbocycles. The third-order valence-electron chi connectivity index (χ3n) is 3.47. The van der Waals surface area contributed by atoms with Gasteiger partial charge in [-0.3, -0.25) is 9.48 Å². The maximum atomic E-state index is 13.8. The van der Waals surface area contributed by atoms with Gasteiger partial charge in [0.05, 0.1) is 16.3 Å². The van der Waals surface area contributed by atoms with Gasteiger partial charge in [0.25, 0.3) is 5.91 Å². The van der Waals surface area contributed by atoms with Crippen molar-refractivity contribution < 1.29 is 9.18 Å². The van der Waals surface area contributed by atoms with Gasteiger partial charge in [-0.25, -0.2) is 4.39 Å². The van der Waals surface area contributed by atoms with E-state index in [1.54, 1.807) is 24.4 Å². The fraction of sp³-hybridized carbons (Fsp3) is 0.188. The number of hydrogen-bond donors (Lipinski definition) is 1. The summed E-state index contributed by atoms with van der Waals surface area (Å²) in [6.07, 6.45) is 5.32. The van der Waals surface area contributed by atoms with Crippen LogP contribution in [0.5, 0.6) is 0 Å². The van der Waals surface area contributed by atoms with E-state index in [0.717, 1.165) is 4.21 Å². The predicted octanol–water partition coefficient (Wildman–Crippen LogP) is 4.88. The molecule has 136 valence electrons. The number of nitrogens with one attached hydrogen (secondary N) is 1. The Morgan fingerprint density at radius 2 is 2.12 bits per heavy atom. The monoisotopic (exact) mass is 428 g/mol. The Bertz CT molecular complexity index is 922. The van der Waals surface area contributed by atoms with Crippen LogP contribution < -0.4 is 5.32 Å². The van der Waals surface area contributed by atoms with Gasteiger partial charge in [-0.1, -0.05) is 29.8 Å². The number of aromatic nitrogens is 3. The van der Waals surface area contributed by atoms with Crippen LogP contribution in [-0.2, 0) is 6.54 Å². The average molecular weight is 429 g/mol. The average Bonchev–Trinajstić information content (AvgIpc) is 3.20. The number of halogens is 2. The lowest BCUT2D eigenvalue weighted by Gasteiger charge is -2.05. The van der Waals surface area contributed by atoms with Crippen molar-refractivity contribution in [2.75, 3.05) is 17.8 Å². The third-order valence-corrected chi connectivity index (χ3v) is 6.49. The number of thioether (sulfide) groups is 2. The predicted molar refractivity (Wildman–Crippen MR) is 106 cm³/mol. The SMILES string of the molecule is CSc1nsc(SC)c1C(=O)Nc1nn(Cc2ccccc2F)cc1Cl. The molecule has 0 aliphatic rings. The molecule has 2 heterocycles. The lowest BCUT2D eigenvalue weighted by atomic mass is 10.2. The Labute approximate surface area is 167 Å². The molecule has 0 fully saturated rings. The second-order valence-electron chi connectivity index (χ2n) is 5.13. The molecular weight excluding hydrogens is 415 g/mol. The van der Waals surface area contributed by atoms with E-state index in [0.29, 0.717) is 16.2 Å². The zero-order valence-corrected chi connectivity index (χ0v) is 17.0. The van der Waals surface area contributed by atoms with Gasteiger partial charge in [0.2, 0.25) is 0 Å². The van der Waals surface area contributed by atoms with Crippen molar-refractivity contribution in [2.24, 2.45) is 0 Å². The molecule has 0 saturated heterocycles. The molecule has 26 heavy (non-hydrogen) atoms. The first-order valence-corrected chi connectivity index (χ1v) is 11.0. The maximum absolute atomic E-state index is 13.8. The van der Waals surface area contributed by atoms with Crippen molar-refractivity contribution in [3.8, 4) is 0 Å². The van der Waals surface area contributed by atoms with E-state index in [9.17, 15) is 9.18 Å². The van der Waals surface area contributed by atoms with Gasteiger partial charge in [-0.15, -0.1) is 23.5 Å². The summed E-state index contributed by atoms with van der Waals surface area (Å²) >= 11 is 10.3. The number of rotatable bonds is 6. The highest BCUT2D eigenvalue weighted by Crippen LogP contribution is 2.33. The van der Waals surface area contributed by atoms with Crippen molar-refractivity contribution >= 4 is 58.4 Å².